The fourth-order valence-corrected chi connectivity index (χ4v) is 2.60. The molecule has 0 aromatic heterocycles. The second-order valence-corrected chi connectivity index (χ2v) is 4.61. The molecule has 1 heterocycles. The molecule has 0 spiro atoms. The summed E-state index contributed by atoms with van der Waals surface area (Å²) >= 11 is 0. The third kappa shape index (κ3) is 2.45. The standard InChI is InChI=1S/C14H22N2/c1-3-11-4-6-12(7-5-11)14(15-2)13-8-9-16-10-13/h4-7,13-16H,3,8-10H2,1-2H3. The van der Waals surface area contributed by atoms with Crippen molar-refractivity contribution in [3.05, 3.63) is 35.4 Å². The predicted molar refractivity (Wildman–Crippen MR) is 68.6 cm³/mol. The van der Waals surface area contributed by atoms with E-state index in [9.17, 15) is 0 Å². The highest BCUT2D eigenvalue weighted by atomic mass is 15.0. The lowest BCUT2D eigenvalue weighted by molar-refractivity contribution is 0.410. The third-order valence-corrected chi connectivity index (χ3v) is 3.63. The van der Waals surface area contributed by atoms with Gasteiger partial charge in [-0.15, -0.1) is 0 Å². The molecule has 0 aliphatic carbocycles. The molecule has 2 heteroatoms. The average molecular weight is 218 g/mol. The van der Waals surface area contributed by atoms with Gasteiger partial charge in [-0.3, -0.25) is 0 Å². The lowest BCUT2D eigenvalue weighted by Crippen LogP contribution is -2.26. The Morgan fingerprint density at radius 1 is 1.38 bits per heavy atom. The van der Waals surface area contributed by atoms with E-state index in [0.29, 0.717) is 6.04 Å². The van der Waals surface area contributed by atoms with Gasteiger partial charge in [0.15, 0.2) is 0 Å². The highest BCUT2D eigenvalue weighted by Gasteiger charge is 2.24. The van der Waals surface area contributed by atoms with Gasteiger partial charge in [0.05, 0.1) is 0 Å². The van der Waals surface area contributed by atoms with Crippen molar-refractivity contribution in [2.75, 3.05) is 20.1 Å². The molecule has 2 nitrogen and oxygen atoms in total. The second-order valence-electron chi connectivity index (χ2n) is 4.61. The molecular formula is C14H22N2. The van der Waals surface area contributed by atoms with Crippen molar-refractivity contribution in [2.24, 2.45) is 5.92 Å². The Bertz CT molecular complexity index is 312. The van der Waals surface area contributed by atoms with Crippen LogP contribution in [0.4, 0.5) is 0 Å². The summed E-state index contributed by atoms with van der Waals surface area (Å²) in [7, 11) is 2.07. The first-order valence-corrected chi connectivity index (χ1v) is 6.32. The van der Waals surface area contributed by atoms with E-state index in [2.05, 4.69) is 48.9 Å². The van der Waals surface area contributed by atoms with Crippen molar-refractivity contribution in [3.8, 4) is 0 Å². The van der Waals surface area contributed by atoms with Crippen molar-refractivity contribution >= 4 is 0 Å². The fourth-order valence-electron chi connectivity index (χ4n) is 2.60. The van der Waals surface area contributed by atoms with Crippen LogP contribution in [-0.2, 0) is 6.42 Å². The summed E-state index contributed by atoms with van der Waals surface area (Å²) in [5.74, 6) is 0.734. The van der Waals surface area contributed by atoms with E-state index < -0.39 is 0 Å². The van der Waals surface area contributed by atoms with Crippen molar-refractivity contribution in [2.45, 2.75) is 25.8 Å². The van der Waals surface area contributed by atoms with Crippen LogP contribution in [-0.4, -0.2) is 20.1 Å². The largest absolute Gasteiger partial charge is 0.316 e. The number of benzene rings is 1. The van der Waals surface area contributed by atoms with Crippen LogP contribution in [0, 0.1) is 5.92 Å². The first kappa shape index (κ1) is 11.6. The maximum absolute atomic E-state index is 3.46. The van der Waals surface area contributed by atoms with Gasteiger partial charge >= 0.3 is 0 Å². The van der Waals surface area contributed by atoms with Crippen molar-refractivity contribution in [3.63, 3.8) is 0 Å². The van der Waals surface area contributed by atoms with Crippen molar-refractivity contribution in [1.29, 1.82) is 0 Å². The number of aryl methyl sites for hydroxylation is 1. The molecule has 16 heavy (non-hydrogen) atoms. The Hall–Kier alpha value is -0.860. The smallest absolute Gasteiger partial charge is 0.0358 e. The zero-order chi connectivity index (χ0) is 11.4. The normalized spacial score (nSPS) is 22.2. The highest BCUT2D eigenvalue weighted by Crippen LogP contribution is 2.26. The minimum Gasteiger partial charge on any atom is -0.316 e. The summed E-state index contributed by atoms with van der Waals surface area (Å²) in [6, 6.07) is 9.56. The lowest BCUT2D eigenvalue weighted by Gasteiger charge is -2.23. The van der Waals surface area contributed by atoms with Gasteiger partial charge < -0.3 is 10.6 Å². The zero-order valence-corrected chi connectivity index (χ0v) is 10.3. The van der Waals surface area contributed by atoms with Crippen LogP contribution in [0.1, 0.15) is 30.5 Å². The molecule has 1 fully saturated rings. The molecule has 1 aromatic carbocycles. The lowest BCUT2D eigenvalue weighted by atomic mass is 9.92. The Balaban J connectivity index is 2.12. The van der Waals surface area contributed by atoms with Gasteiger partial charge in [0.25, 0.3) is 0 Å². The van der Waals surface area contributed by atoms with E-state index in [-0.39, 0.29) is 0 Å². The van der Waals surface area contributed by atoms with E-state index in [1.165, 1.54) is 17.5 Å². The Morgan fingerprint density at radius 3 is 2.62 bits per heavy atom. The summed E-state index contributed by atoms with van der Waals surface area (Å²) < 4.78 is 0. The predicted octanol–water partition coefficient (Wildman–Crippen LogP) is 2.12. The fraction of sp³-hybridized carbons (Fsp3) is 0.571. The molecule has 2 N–H and O–H groups in total. The summed E-state index contributed by atoms with van der Waals surface area (Å²) in [4.78, 5) is 0. The molecule has 2 unspecified atom stereocenters. The first-order valence-electron chi connectivity index (χ1n) is 6.32. The van der Waals surface area contributed by atoms with Crippen LogP contribution in [0.5, 0.6) is 0 Å². The Labute approximate surface area is 98.4 Å². The van der Waals surface area contributed by atoms with Crippen LogP contribution < -0.4 is 10.6 Å². The molecule has 0 amide bonds. The van der Waals surface area contributed by atoms with Gasteiger partial charge in [-0.1, -0.05) is 31.2 Å². The van der Waals surface area contributed by atoms with E-state index in [1.54, 1.807) is 0 Å². The van der Waals surface area contributed by atoms with Crippen LogP contribution >= 0.6 is 0 Å². The maximum atomic E-state index is 3.46. The third-order valence-electron chi connectivity index (χ3n) is 3.63. The molecule has 2 rings (SSSR count). The maximum Gasteiger partial charge on any atom is 0.0358 e. The average Bonchev–Trinajstić information content (AvgIpc) is 2.85. The molecule has 2 atom stereocenters. The number of hydrogen-bond acceptors (Lipinski definition) is 2. The van der Waals surface area contributed by atoms with E-state index in [1.807, 2.05) is 0 Å². The molecular weight excluding hydrogens is 196 g/mol. The number of rotatable bonds is 4. The summed E-state index contributed by atoms with van der Waals surface area (Å²) in [6.07, 6.45) is 2.40. The van der Waals surface area contributed by atoms with Gasteiger partial charge in [-0.25, -0.2) is 0 Å². The van der Waals surface area contributed by atoms with Crippen LogP contribution in [0.2, 0.25) is 0 Å². The topological polar surface area (TPSA) is 24.1 Å². The molecule has 0 saturated carbocycles. The van der Waals surface area contributed by atoms with Crippen LogP contribution in [0.3, 0.4) is 0 Å². The quantitative estimate of drug-likeness (QED) is 0.809. The van der Waals surface area contributed by atoms with Crippen molar-refractivity contribution < 1.29 is 0 Å². The first-order chi connectivity index (χ1) is 7.85. The molecule has 1 saturated heterocycles. The second kappa shape index (κ2) is 5.46. The van der Waals surface area contributed by atoms with Gasteiger partial charge in [0.2, 0.25) is 0 Å². The van der Waals surface area contributed by atoms with Gasteiger partial charge in [0.1, 0.15) is 0 Å². The molecule has 0 radical (unpaired) electrons. The molecule has 0 bridgehead atoms. The Kier molecular flexibility index (Phi) is 3.97. The molecule has 1 aliphatic heterocycles. The van der Waals surface area contributed by atoms with Gasteiger partial charge in [0, 0.05) is 6.04 Å². The van der Waals surface area contributed by atoms with E-state index in [4.69, 9.17) is 0 Å². The van der Waals surface area contributed by atoms with E-state index >= 15 is 0 Å². The number of hydrogen-bond donors (Lipinski definition) is 2. The molecule has 88 valence electrons. The highest BCUT2D eigenvalue weighted by molar-refractivity contribution is 5.25. The Morgan fingerprint density at radius 2 is 2.12 bits per heavy atom. The van der Waals surface area contributed by atoms with Gasteiger partial charge in [-0.05, 0) is 50.0 Å². The zero-order valence-electron chi connectivity index (χ0n) is 10.3. The van der Waals surface area contributed by atoms with Crippen molar-refractivity contribution in [1.82, 2.24) is 10.6 Å². The van der Waals surface area contributed by atoms with Gasteiger partial charge in [-0.2, -0.15) is 0 Å². The SMILES string of the molecule is CCc1ccc(C(NC)C2CCNC2)cc1. The summed E-state index contributed by atoms with van der Waals surface area (Å²) in [5.41, 5.74) is 2.84. The molecule has 1 aliphatic rings. The van der Waals surface area contributed by atoms with E-state index in [0.717, 1.165) is 25.4 Å². The summed E-state index contributed by atoms with van der Waals surface area (Å²) in [5, 5.41) is 6.90. The summed E-state index contributed by atoms with van der Waals surface area (Å²) in [6.45, 7) is 4.50. The number of nitrogens with one attached hydrogen (secondary N) is 2. The van der Waals surface area contributed by atoms with Crippen LogP contribution in [0.25, 0.3) is 0 Å². The van der Waals surface area contributed by atoms with Crippen LogP contribution in [0.15, 0.2) is 24.3 Å². The minimum atomic E-state index is 0.501. The minimum absolute atomic E-state index is 0.501. The molecule has 1 aromatic rings. The monoisotopic (exact) mass is 218 g/mol.